The molecule has 0 atom stereocenters. The van der Waals surface area contributed by atoms with Gasteiger partial charge in [0.15, 0.2) is 5.16 Å². The van der Waals surface area contributed by atoms with Crippen molar-refractivity contribution in [2.75, 3.05) is 0 Å². The van der Waals surface area contributed by atoms with Gasteiger partial charge in [0.05, 0.1) is 22.7 Å². The van der Waals surface area contributed by atoms with Gasteiger partial charge in [-0.05, 0) is 23.6 Å². The topological polar surface area (TPSA) is 89.4 Å². The molecule has 140 valence electrons. The van der Waals surface area contributed by atoms with Crippen LogP contribution in [-0.4, -0.2) is 24.3 Å². The van der Waals surface area contributed by atoms with Gasteiger partial charge in [0, 0.05) is 18.3 Å². The lowest BCUT2D eigenvalue weighted by molar-refractivity contribution is 0.725. The molecule has 3 heterocycles. The number of nitrogens with zero attached hydrogens (tertiary/aromatic N) is 6. The van der Waals surface area contributed by atoms with Crippen LogP contribution in [0, 0.1) is 11.3 Å². The standard InChI is InChI=1S/C19H16N6OS2/c1-24-16(11-13-5-4-10-27-13)22-23-19(24)28-12-17-21-15-7-3-2-6-14(15)18(26)25(17)9-8-20/h2-7,10H,9,11-12H2,1H3. The maximum absolute atomic E-state index is 12.7. The Morgan fingerprint density at radius 2 is 2.04 bits per heavy atom. The molecule has 0 radical (unpaired) electrons. The van der Waals surface area contributed by atoms with E-state index in [1.807, 2.05) is 35.2 Å². The molecule has 1 aromatic carbocycles. The van der Waals surface area contributed by atoms with Crippen molar-refractivity contribution in [3.63, 3.8) is 0 Å². The number of fused-ring (bicyclic) bond motifs is 1. The van der Waals surface area contributed by atoms with Crippen LogP contribution in [0.5, 0.6) is 0 Å². The number of nitriles is 1. The van der Waals surface area contributed by atoms with Crippen molar-refractivity contribution in [1.29, 1.82) is 5.26 Å². The highest BCUT2D eigenvalue weighted by Crippen LogP contribution is 2.22. The summed E-state index contributed by atoms with van der Waals surface area (Å²) in [6.45, 7) is -0.0327. The largest absolute Gasteiger partial charge is 0.309 e. The second kappa shape index (κ2) is 7.96. The summed E-state index contributed by atoms with van der Waals surface area (Å²) in [5.41, 5.74) is 0.438. The van der Waals surface area contributed by atoms with E-state index in [4.69, 9.17) is 5.26 Å². The molecule has 28 heavy (non-hydrogen) atoms. The Morgan fingerprint density at radius 1 is 1.18 bits per heavy atom. The molecule has 3 aromatic heterocycles. The van der Waals surface area contributed by atoms with Gasteiger partial charge in [0.25, 0.3) is 5.56 Å². The summed E-state index contributed by atoms with van der Waals surface area (Å²) in [6.07, 6.45) is 0.731. The molecule has 0 unspecified atom stereocenters. The van der Waals surface area contributed by atoms with Gasteiger partial charge in [-0.25, -0.2) is 4.98 Å². The lowest BCUT2D eigenvalue weighted by atomic mass is 10.2. The Bertz CT molecular complexity index is 1220. The quantitative estimate of drug-likeness (QED) is 0.456. The summed E-state index contributed by atoms with van der Waals surface area (Å²) in [5, 5.41) is 21.0. The van der Waals surface area contributed by atoms with Crippen molar-refractivity contribution in [1.82, 2.24) is 24.3 Å². The molecular weight excluding hydrogens is 392 g/mol. The van der Waals surface area contributed by atoms with E-state index in [0.717, 1.165) is 17.4 Å². The molecule has 0 spiro atoms. The van der Waals surface area contributed by atoms with Gasteiger partial charge in [-0.1, -0.05) is 30.0 Å². The molecule has 0 aliphatic heterocycles. The Labute approximate surface area is 169 Å². The van der Waals surface area contributed by atoms with Crippen LogP contribution in [0.2, 0.25) is 0 Å². The number of rotatable bonds is 6. The molecule has 0 saturated heterocycles. The Hall–Kier alpha value is -2.96. The van der Waals surface area contributed by atoms with Crippen molar-refractivity contribution in [2.24, 2.45) is 7.05 Å². The number of benzene rings is 1. The number of thioether (sulfide) groups is 1. The molecule has 4 rings (SSSR count). The van der Waals surface area contributed by atoms with Crippen LogP contribution < -0.4 is 5.56 Å². The predicted octanol–water partition coefficient (Wildman–Crippen LogP) is 2.99. The van der Waals surface area contributed by atoms with E-state index >= 15 is 0 Å². The van der Waals surface area contributed by atoms with Crippen molar-refractivity contribution < 1.29 is 0 Å². The third kappa shape index (κ3) is 3.56. The lowest BCUT2D eigenvalue weighted by Gasteiger charge is -2.10. The fraction of sp³-hybridized carbons (Fsp3) is 0.211. The van der Waals surface area contributed by atoms with Crippen molar-refractivity contribution in [2.45, 2.75) is 23.9 Å². The minimum atomic E-state index is -0.195. The summed E-state index contributed by atoms with van der Waals surface area (Å²) < 4.78 is 3.39. The summed E-state index contributed by atoms with van der Waals surface area (Å²) >= 11 is 3.14. The minimum absolute atomic E-state index is 0.0327. The highest BCUT2D eigenvalue weighted by atomic mass is 32.2. The molecular formula is C19H16N6OS2. The fourth-order valence-corrected chi connectivity index (χ4v) is 4.46. The SMILES string of the molecule is Cn1c(Cc2cccs2)nnc1SCc1nc2ccccc2c(=O)n1CC#N. The van der Waals surface area contributed by atoms with Crippen molar-refractivity contribution in [3.8, 4) is 6.07 Å². The van der Waals surface area contributed by atoms with Gasteiger partial charge < -0.3 is 4.57 Å². The number of hydrogen-bond acceptors (Lipinski definition) is 7. The molecule has 0 N–H and O–H groups in total. The summed E-state index contributed by atoms with van der Waals surface area (Å²) in [7, 11) is 1.93. The Kier molecular flexibility index (Phi) is 5.23. The smallest absolute Gasteiger partial charge is 0.262 e. The summed E-state index contributed by atoms with van der Waals surface area (Å²) in [4.78, 5) is 18.6. The zero-order valence-electron chi connectivity index (χ0n) is 15.1. The average Bonchev–Trinajstić information content (AvgIpc) is 3.34. The summed E-state index contributed by atoms with van der Waals surface area (Å²) in [6, 6.07) is 13.3. The highest BCUT2D eigenvalue weighted by molar-refractivity contribution is 7.98. The first-order chi connectivity index (χ1) is 13.7. The average molecular weight is 409 g/mol. The third-order valence-electron chi connectivity index (χ3n) is 4.34. The normalized spacial score (nSPS) is 11.0. The van der Waals surface area contributed by atoms with E-state index in [2.05, 4.69) is 27.3 Å². The van der Waals surface area contributed by atoms with E-state index in [-0.39, 0.29) is 12.1 Å². The number of thiophene rings is 1. The second-order valence-electron chi connectivity index (χ2n) is 6.10. The first-order valence-electron chi connectivity index (χ1n) is 8.56. The van der Waals surface area contributed by atoms with Crippen LogP contribution in [0.3, 0.4) is 0 Å². The Balaban J connectivity index is 1.61. The Morgan fingerprint density at radius 3 is 2.82 bits per heavy atom. The minimum Gasteiger partial charge on any atom is -0.309 e. The molecule has 0 bridgehead atoms. The van der Waals surface area contributed by atoms with E-state index in [1.54, 1.807) is 23.5 Å². The van der Waals surface area contributed by atoms with Gasteiger partial charge in [-0.3, -0.25) is 9.36 Å². The second-order valence-corrected chi connectivity index (χ2v) is 8.07. The van der Waals surface area contributed by atoms with Gasteiger partial charge in [-0.15, -0.1) is 21.5 Å². The van der Waals surface area contributed by atoms with Gasteiger partial charge in [0.2, 0.25) is 0 Å². The first kappa shape index (κ1) is 18.4. The van der Waals surface area contributed by atoms with Crippen LogP contribution in [0.15, 0.2) is 51.7 Å². The van der Waals surface area contributed by atoms with Crippen LogP contribution in [0.4, 0.5) is 0 Å². The molecule has 9 heteroatoms. The van der Waals surface area contributed by atoms with Crippen molar-refractivity contribution >= 4 is 34.0 Å². The first-order valence-corrected chi connectivity index (χ1v) is 10.4. The van der Waals surface area contributed by atoms with Crippen LogP contribution >= 0.6 is 23.1 Å². The van der Waals surface area contributed by atoms with Crippen LogP contribution in [-0.2, 0) is 25.8 Å². The molecule has 0 aliphatic carbocycles. The van der Waals surface area contributed by atoms with E-state index in [1.165, 1.54) is 21.2 Å². The number of hydrogen-bond donors (Lipinski definition) is 0. The van der Waals surface area contributed by atoms with Gasteiger partial charge in [0.1, 0.15) is 18.2 Å². The van der Waals surface area contributed by atoms with Crippen molar-refractivity contribution in [3.05, 3.63) is 68.7 Å². The molecule has 0 aliphatic rings. The van der Waals surface area contributed by atoms with Crippen LogP contribution in [0.25, 0.3) is 10.9 Å². The highest BCUT2D eigenvalue weighted by Gasteiger charge is 2.14. The zero-order chi connectivity index (χ0) is 19.5. The summed E-state index contributed by atoms with van der Waals surface area (Å²) in [5.74, 6) is 1.86. The van der Waals surface area contributed by atoms with E-state index < -0.39 is 0 Å². The maximum Gasteiger partial charge on any atom is 0.262 e. The van der Waals surface area contributed by atoms with E-state index in [9.17, 15) is 4.79 Å². The fourth-order valence-electron chi connectivity index (χ4n) is 2.88. The molecule has 7 nitrogen and oxygen atoms in total. The maximum atomic E-state index is 12.7. The molecule has 0 amide bonds. The number of aromatic nitrogens is 5. The molecule has 0 saturated carbocycles. The number of para-hydroxylation sites is 1. The van der Waals surface area contributed by atoms with E-state index in [0.29, 0.717) is 22.5 Å². The molecule has 4 aromatic rings. The molecule has 0 fully saturated rings. The zero-order valence-corrected chi connectivity index (χ0v) is 16.7. The van der Waals surface area contributed by atoms with Gasteiger partial charge in [-0.2, -0.15) is 5.26 Å². The van der Waals surface area contributed by atoms with Crippen LogP contribution in [0.1, 0.15) is 16.5 Å². The monoisotopic (exact) mass is 408 g/mol. The third-order valence-corrected chi connectivity index (χ3v) is 6.23. The van der Waals surface area contributed by atoms with Gasteiger partial charge >= 0.3 is 0 Å². The lowest BCUT2D eigenvalue weighted by Crippen LogP contribution is -2.24. The predicted molar refractivity (Wildman–Crippen MR) is 109 cm³/mol.